The Balaban J connectivity index is 2.01. The lowest BCUT2D eigenvalue weighted by molar-refractivity contribution is -0.115. The molecule has 2 aromatic rings. The van der Waals surface area contributed by atoms with E-state index in [4.69, 9.17) is 0 Å². The minimum absolute atomic E-state index is 0.0435. The summed E-state index contributed by atoms with van der Waals surface area (Å²) in [4.78, 5) is 16.0. The molecule has 1 aromatic carbocycles. The molecule has 0 aliphatic rings. The Morgan fingerprint density at radius 3 is 2.72 bits per heavy atom. The quantitative estimate of drug-likeness (QED) is 0.863. The molecule has 0 spiro atoms. The molecule has 0 atom stereocenters. The number of aryl methyl sites for hydroxylation is 1. The summed E-state index contributed by atoms with van der Waals surface area (Å²) in [6, 6.07) is 11.6. The summed E-state index contributed by atoms with van der Waals surface area (Å²) < 4.78 is 1.05. The summed E-state index contributed by atoms with van der Waals surface area (Å²) in [5.74, 6) is 0.548. The number of pyridine rings is 1. The normalized spacial score (nSPS) is 10.1. The van der Waals surface area contributed by atoms with E-state index in [0.29, 0.717) is 12.2 Å². The van der Waals surface area contributed by atoms with E-state index in [-0.39, 0.29) is 5.91 Å². The Morgan fingerprint density at radius 2 is 2.06 bits per heavy atom. The highest BCUT2D eigenvalue weighted by Crippen LogP contribution is 2.10. The molecule has 1 amide bonds. The average Bonchev–Trinajstić information content (AvgIpc) is 2.35. The molecule has 0 fully saturated rings. The van der Waals surface area contributed by atoms with Gasteiger partial charge in [-0.2, -0.15) is 0 Å². The number of aromatic nitrogens is 1. The minimum Gasteiger partial charge on any atom is -0.310 e. The summed E-state index contributed by atoms with van der Waals surface area (Å²) in [6.45, 7) is 2.01. The first kappa shape index (κ1) is 13.0. The van der Waals surface area contributed by atoms with Gasteiger partial charge in [0.15, 0.2) is 0 Å². The molecule has 3 nitrogen and oxygen atoms in total. The molecule has 0 aliphatic carbocycles. The predicted molar refractivity (Wildman–Crippen MR) is 80.5 cm³/mol. The van der Waals surface area contributed by atoms with Gasteiger partial charge in [0, 0.05) is 9.77 Å². The molecule has 0 saturated carbocycles. The zero-order chi connectivity index (χ0) is 13.0. The monoisotopic (exact) mass is 352 g/mol. The number of carbonyl (C=O) groups is 1. The van der Waals surface area contributed by atoms with Crippen LogP contribution in [-0.4, -0.2) is 10.9 Å². The van der Waals surface area contributed by atoms with Crippen molar-refractivity contribution in [3.05, 3.63) is 57.3 Å². The zero-order valence-electron chi connectivity index (χ0n) is 9.98. The van der Waals surface area contributed by atoms with E-state index >= 15 is 0 Å². The molecule has 1 N–H and O–H groups in total. The second kappa shape index (κ2) is 5.95. The molecule has 18 heavy (non-hydrogen) atoms. The Bertz CT molecular complexity index is 552. The predicted octanol–water partition coefficient (Wildman–Crippen LogP) is 3.18. The third-order valence-corrected chi connectivity index (χ3v) is 3.25. The summed E-state index contributed by atoms with van der Waals surface area (Å²) in [7, 11) is 0. The largest absolute Gasteiger partial charge is 0.310 e. The second-order valence-electron chi connectivity index (χ2n) is 4.01. The summed E-state index contributed by atoms with van der Waals surface area (Å²) >= 11 is 2.18. The maximum absolute atomic E-state index is 11.9. The first-order valence-electron chi connectivity index (χ1n) is 5.61. The fraction of sp³-hybridized carbons (Fsp3) is 0.143. The average molecular weight is 352 g/mol. The van der Waals surface area contributed by atoms with E-state index < -0.39 is 0 Å². The summed E-state index contributed by atoms with van der Waals surface area (Å²) in [5.41, 5.74) is 2.17. The standard InChI is InChI=1S/C14H13IN2O/c1-10-4-2-3-5-11(10)8-14(18)17-13-7-6-12(15)9-16-13/h2-7,9H,8H2,1H3,(H,16,17,18). The van der Waals surface area contributed by atoms with Crippen LogP contribution in [0.15, 0.2) is 42.6 Å². The van der Waals surface area contributed by atoms with Crippen LogP contribution in [0.5, 0.6) is 0 Å². The molecule has 1 heterocycles. The zero-order valence-corrected chi connectivity index (χ0v) is 12.1. The van der Waals surface area contributed by atoms with Gasteiger partial charge in [-0.15, -0.1) is 0 Å². The van der Waals surface area contributed by atoms with Gasteiger partial charge in [-0.05, 0) is 52.8 Å². The van der Waals surface area contributed by atoms with Crippen LogP contribution in [0.1, 0.15) is 11.1 Å². The van der Waals surface area contributed by atoms with Crippen LogP contribution in [0.25, 0.3) is 0 Å². The topological polar surface area (TPSA) is 42.0 Å². The summed E-state index contributed by atoms with van der Waals surface area (Å²) in [6.07, 6.45) is 2.10. The van der Waals surface area contributed by atoms with Crippen molar-refractivity contribution >= 4 is 34.3 Å². The Hall–Kier alpha value is -1.43. The Kier molecular flexibility index (Phi) is 4.30. The lowest BCUT2D eigenvalue weighted by Gasteiger charge is -2.06. The number of hydrogen-bond acceptors (Lipinski definition) is 2. The van der Waals surface area contributed by atoms with Crippen LogP contribution in [0.4, 0.5) is 5.82 Å². The maximum Gasteiger partial charge on any atom is 0.229 e. The van der Waals surface area contributed by atoms with Gasteiger partial charge in [-0.3, -0.25) is 4.79 Å². The van der Waals surface area contributed by atoms with Gasteiger partial charge < -0.3 is 5.32 Å². The SMILES string of the molecule is Cc1ccccc1CC(=O)Nc1ccc(I)cn1. The van der Waals surface area contributed by atoms with Gasteiger partial charge in [0.05, 0.1) is 6.42 Å². The third kappa shape index (κ3) is 3.53. The number of hydrogen-bond donors (Lipinski definition) is 1. The van der Waals surface area contributed by atoms with Crippen molar-refractivity contribution in [3.8, 4) is 0 Å². The van der Waals surface area contributed by atoms with Crippen LogP contribution in [0, 0.1) is 10.5 Å². The van der Waals surface area contributed by atoms with Crippen molar-refractivity contribution in [2.75, 3.05) is 5.32 Å². The first-order valence-corrected chi connectivity index (χ1v) is 6.69. The van der Waals surface area contributed by atoms with Crippen molar-refractivity contribution in [1.29, 1.82) is 0 Å². The van der Waals surface area contributed by atoms with Crippen LogP contribution < -0.4 is 5.32 Å². The molecule has 4 heteroatoms. The van der Waals surface area contributed by atoms with Crippen molar-refractivity contribution in [2.45, 2.75) is 13.3 Å². The molecule has 0 radical (unpaired) electrons. The molecular weight excluding hydrogens is 339 g/mol. The van der Waals surface area contributed by atoms with Crippen molar-refractivity contribution < 1.29 is 4.79 Å². The maximum atomic E-state index is 11.9. The third-order valence-electron chi connectivity index (χ3n) is 2.61. The van der Waals surface area contributed by atoms with Gasteiger partial charge in [-0.1, -0.05) is 24.3 Å². The Morgan fingerprint density at radius 1 is 1.28 bits per heavy atom. The highest BCUT2D eigenvalue weighted by atomic mass is 127. The molecule has 1 aromatic heterocycles. The lowest BCUT2D eigenvalue weighted by Crippen LogP contribution is -2.15. The smallest absolute Gasteiger partial charge is 0.229 e. The van der Waals surface area contributed by atoms with E-state index in [0.717, 1.165) is 14.7 Å². The molecule has 0 bridgehead atoms. The van der Waals surface area contributed by atoms with Crippen molar-refractivity contribution in [3.63, 3.8) is 0 Å². The van der Waals surface area contributed by atoms with Gasteiger partial charge in [-0.25, -0.2) is 4.98 Å². The van der Waals surface area contributed by atoms with Gasteiger partial charge in [0.25, 0.3) is 0 Å². The number of carbonyl (C=O) groups excluding carboxylic acids is 1. The van der Waals surface area contributed by atoms with E-state index in [1.807, 2.05) is 37.3 Å². The fourth-order valence-electron chi connectivity index (χ4n) is 1.62. The molecule has 2 rings (SSSR count). The fourth-order valence-corrected chi connectivity index (χ4v) is 1.94. The minimum atomic E-state index is -0.0435. The lowest BCUT2D eigenvalue weighted by atomic mass is 10.1. The Labute approximate surface area is 120 Å². The number of amides is 1. The van der Waals surface area contributed by atoms with E-state index in [9.17, 15) is 4.79 Å². The van der Waals surface area contributed by atoms with Crippen molar-refractivity contribution in [1.82, 2.24) is 4.98 Å². The van der Waals surface area contributed by atoms with Gasteiger partial charge >= 0.3 is 0 Å². The number of nitrogens with one attached hydrogen (secondary N) is 1. The van der Waals surface area contributed by atoms with Gasteiger partial charge in [0.2, 0.25) is 5.91 Å². The second-order valence-corrected chi connectivity index (χ2v) is 5.26. The summed E-state index contributed by atoms with van der Waals surface area (Å²) in [5, 5.41) is 2.79. The molecule has 0 aliphatic heterocycles. The van der Waals surface area contributed by atoms with Crippen molar-refractivity contribution in [2.24, 2.45) is 0 Å². The van der Waals surface area contributed by atoms with E-state index in [2.05, 4.69) is 32.9 Å². The molecule has 0 unspecified atom stereocenters. The van der Waals surface area contributed by atoms with Crippen LogP contribution >= 0.6 is 22.6 Å². The highest BCUT2D eigenvalue weighted by Gasteiger charge is 2.06. The number of rotatable bonds is 3. The number of halogens is 1. The van der Waals surface area contributed by atoms with Crippen LogP contribution in [0.3, 0.4) is 0 Å². The molecule has 92 valence electrons. The van der Waals surface area contributed by atoms with Gasteiger partial charge in [0.1, 0.15) is 5.82 Å². The van der Waals surface area contributed by atoms with Crippen LogP contribution in [0.2, 0.25) is 0 Å². The highest BCUT2D eigenvalue weighted by molar-refractivity contribution is 14.1. The number of anilines is 1. The number of nitrogens with zero attached hydrogens (tertiary/aromatic N) is 1. The van der Waals surface area contributed by atoms with E-state index in [1.54, 1.807) is 12.3 Å². The molecule has 0 saturated heterocycles. The number of benzene rings is 1. The first-order chi connectivity index (χ1) is 8.65. The van der Waals surface area contributed by atoms with E-state index in [1.165, 1.54) is 0 Å². The molecular formula is C14H13IN2O. The van der Waals surface area contributed by atoms with Crippen LogP contribution in [-0.2, 0) is 11.2 Å².